The van der Waals surface area contributed by atoms with Crippen LogP contribution < -0.4 is 5.73 Å². The van der Waals surface area contributed by atoms with Crippen LogP contribution in [-0.4, -0.2) is 6.72 Å². The molecule has 2 nitrogen and oxygen atoms in total. The molecule has 0 aromatic heterocycles. The van der Waals surface area contributed by atoms with E-state index in [1.165, 1.54) is 13.8 Å². The van der Waals surface area contributed by atoms with Gasteiger partial charge in [-0.05, 0) is 52.1 Å². The van der Waals surface area contributed by atoms with Crippen molar-refractivity contribution >= 4 is 18.0 Å². The smallest absolute Gasteiger partial charge is 0.130 e. The second-order valence-electron chi connectivity index (χ2n) is 5.26. The van der Waals surface area contributed by atoms with Gasteiger partial charge in [0.1, 0.15) is 5.67 Å². The second kappa shape index (κ2) is 5.83. The van der Waals surface area contributed by atoms with Crippen molar-refractivity contribution in [1.82, 2.24) is 0 Å². The number of benzene rings is 1. The highest BCUT2D eigenvalue weighted by molar-refractivity contribution is 5.82. The molecule has 1 aromatic rings. The van der Waals surface area contributed by atoms with Gasteiger partial charge < -0.3 is 5.73 Å². The maximum atomic E-state index is 14.0. The van der Waals surface area contributed by atoms with Crippen LogP contribution in [0.15, 0.2) is 41.0 Å². The number of hydrogen-bond donors (Lipinski definition) is 1. The Morgan fingerprint density at radius 1 is 1.37 bits per heavy atom. The maximum Gasteiger partial charge on any atom is 0.130 e. The van der Waals surface area contributed by atoms with Crippen molar-refractivity contribution in [3.05, 3.63) is 47.2 Å². The molecule has 0 saturated carbocycles. The van der Waals surface area contributed by atoms with Crippen LogP contribution >= 0.6 is 0 Å². The number of anilines is 1. The number of rotatable bonds is 4. The summed E-state index contributed by atoms with van der Waals surface area (Å²) in [6.07, 6.45) is 3.59. The summed E-state index contributed by atoms with van der Waals surface area (Å²) in [7, 11) is 0. The Bertz CT molecular complexity index is 530. The van der Waals surface area contributed by atoms with Crippen molar-refractivity contribution in [1.29, 1.82) is 0 Å². The number of hydrogen-bond acceptors (Lipinski definition) is 2. The summed E-state index contributed by atoms with van der Waals surface area (Å²) in [5.74, 6) is 0. The molecule has 0 atom stereocenters. The van der Waals surface area contributed by atoms with Crippen molar-refractivity contribution < 1.29 is 4.39 Å². The normalized spacial score (nSPS) is 12.2. The lowest BCUT2D eigenvalue weighted by molar-refractivity contribution is 0.221. The van der Waals surface area contributed by atoms with Crippen LogP contribution in [0.4, 0.5) is 10.1 Å². The maximum absolute atomic E-state index is 14.0. The highest BCUT2D eigenvalue weighted by atomic mass is 19.1. The third kappa shape index (κ3) is 4.05. The van der Waals surface area contributed by atoms with Gasteiger partial charge in [0.2, 0.25) is 0 Å². The topological polar surface area (TPSA) is 38.4 Å². The highest BCUT2D eigenvalue weighted by Gasteiger charge is 2.20. The fourth-order valence-electron chi connectivity index (χ4n) is 1.77. The van der Waals surface area contributed by atoms with E-state index in [1.807, 2.05) is 19.9 Å². The zero-order valence-electron chi connectivity index (χ0n) is 12.0. The van der Waals surface area contributed by atoms with E-state index < -0.39 is 5.67 Å². The summed E-state index contributed by atoms with van der Waals surface area (Å²) >= 11 is 0. The van der Waals surface area contributed by atoms with E-state index in [1.54, 1.807) is 24.4 Å². The Morgan fingerprint density at radius 2 is 2.00 bits per heavy atom. The van der Waals surface area contributed by atoms with Crippen LogP contribution in [0, 0.1) is 0 Å². The lowest BCUT2D eigenvalue weighted by Gasteiger charge is -2.17. The molecule has 1 aromatic carbocycles. The third-order valence-corrected chi connectivity index (χ3v) is 2.73. The van der Waals surface area contributed by atoms with Gasteiger partial charge in [-0.1, -0.05) is 17.7 Å². The van der Waals surface area contributed by atoms with Crippen LogP contribution in [-0.2, 0) is 5.67 Å². The predicted octanol–water partition coefficient (Wildman–Crippen LogP) is 4.48. The van der Waals surface area contributed by atoms with Crippen molar-refractivity contribution in [3.63, 3.8) is 0 Å². The number of allylic oxidation sites excluding steroid dienone is 3. The fourth-order valence-corrected chi connectivity index (χ4v) is 1.77. The molecule has 0 fully saturated rings. The highest BCUT2D eigenvalue weighted by Crippen LogP contribution is 2.31. The minimum atomic E-state index is -1.40. The molecule has 0 aliphatic carbocycles. The van der Waals surface area contributed by atoms with Crippen molar-refractivity contribution in [2.75, 3.05) is 5.73 Å². The van der Waals surface area contributed by atoms with E-state index in [0.29, 0.717) is 11.3 Å². The number of nitrogens with zero attached hydrogens (tertiary/aromatic N) is 1. The van der Waals surface area contributed by atoms with Crippen molar-refractivity contribution in [2.45, 2.75) is 33.4 Å². The zero-order chi connectivity index (χ0) is 14.6. The molecule has 0 amide bonds. The van der Waals surface area contributed by atoms with Gasteiger partial charge in [-0.2, -0.15) is 0 Å². The van der Waals surface area contributed by atoms with E-state index >= 15 is 0 Å². The fraction of sp³-hybridized carbons (Fsp3) is 0.312. The van der Waals surface area contributed by atoms with Crippen molar-refractivity contribution in [2.24, 2.45) is 4.99 Å². The monoisotopic (exact) mass is 260 g/mol. The Labute approximate surface area is 114 Å². The van der Waals surface area contributed by atoms with Gasteiger partial charge in [-0.15, -0.1) is 0 Å². The largest absolute Gasteiger partial charge is 0.398 e. The van der Waals surface area contributed by atoms with E-state index in [-0.39, 0.29) is 0 Å². The average Bonchev–Trinajstić information content (AvgIpc) is 2.27. The molecule has 1 rings (SSSR count). The van der Waals surface area contributed by atoms with Gasteiger partial charge in [0.25, 0.3) is 0 Å². The van der Waals surface area contributed by atoms with E-state index in [9.17, 15) is 4.39 Å². The Morgan fingerprint density at radius 3 is 2.47 bits per heavy atom. The number of alkyl halides is 1. The number of nitrogen functional groups attached to an aromatic ring is 1. The molecule has 0 aliphatic rings. The van der Waals surface area contributed by atoms with Crippen LogP contribution in [0.25, 0.3) is 5.57 Å². The number of nitrogens with two attached hydrogens (primary N) is 1. The van der Waals surface area contributed by atoms with Gasteiger partial charge in [0.05, 0.1) is 0 Å². The summed E-state index contributed by atoms with van der Waals surface area (Å²) in [5.41, 5.74) is 8.49. The molecule has 0 aliphatic heterocycles. The van der Waals surface area contributed by atoms with Gasteiger partial charge >= 0.3 is 0 Å². The number of aliphatic imine (C=N–C) groups is 1. The lowest BCUT2D eigenvalue weighted by atomic mass is 9.94. The lowest BCUT2D eigenvalue weighted by Crippen LogP contribution is -2.10. The molecule has 3 heteroatoms. The van der Waals surface area contributed by atoms with E-state index in [2.05, 4.69) is 11.7 Å². The molecular formula is C16H21FN2. The summed E-state index contributed by atoms with van der Waals surface area (Å²) in [6.45, 7) is 10.5. The molecular weight excluding hydrogens is 239 g/mol. The Kier molecular flexibility index (Phi) is 4.65. The van der Waals surface area contributed by atoms with Crippen LogP contribution in [0.1, 0.15) is 38.8 Å². The van der Waals surface area contributed by atoms with Crippen LogP contribution in [0.3, 0.4) is 0 Å². The Balaban J connectivity index is 3.43. The molecule has 0 unspecified atom stereocenters. The first-order valence-electron chi connectivity index (χ1n) is 6.16. The first kappa shape index (κ1) is 15.2. The number of halogens is 1. The van der Waals surface area contributed by atoms with Gasteiger partial charge in [-0.3, -0.25) is 4.99 Å². The van der Waals surface area contributed by atoms with E-state index in [0.717, 1.165) is 16.7 Å². The summed E-state index contributed by atoms with van der Waals surface area (Å²) < 4.78 is 14.0. The molecule has 0 saturated heterocycles. The molecule has 2 N–H and O–H groups in total. The molecule has 0 bridgehead atoms. The average molecular weight is 260 g/mol. The standard InChI is InChI=1S/C16H21FN2/c1-11(2)8-12(10-19-5)14-9-13(16(3,4)17)6-7-15(14)18/h6-10H,5,18H2,1-4H3/b12-10+. The zero-order valence-corrected chi connectivity index (χ0v) is 12.0. The van der Waals surface area contributed by atoms with Crippen LogP contribution in [0.2, 0.25) is 0 Å². The van der Waals surface area contributed by atoms with Gasteiger partial charge in [0, 0.05) is 23.0 Å². The molecule has 0 radical (unpaired) electrons. The summed E-state index contributed by atoms with van der Waals surface area (Å²) in [4.78, 5) is 3.79. The SMILES string of the molecule is C=N/C=C(\C=C(C)C)c1cc(C(C)(C)F)ccc1N. The molecule has 0 spiro atoms. The Hall–Kier alpha value is -1.90. The minimum absolute atomic E-state index is 0.591. The molecule has 19 heavy (non-hydrogen) atoms. The summed E-state index contributed by atoms with van der Waals surface area (Å²) in [6, 6.07) is 5.20. The van der Waals surface area contributed by atoms with Gasteiger partial charge in [-0.25, -0.2) is 4.39 Å². The first-order valence-corrected chi connectivity index (χ1v) is 6.16. The second-order valence-corrected chi connectivity index (χ2v) is 5.26. The third-order valence-electron chi connectivity index (χ3n) is 2.73. The molecule has 0 heterocycles. The van der Waals surface area contributed by atoms with Crippen LogP contribution in [0.5, 0.6) is 0 Å². The molecule has 102 valence electrons. The quantitative estimate of drug-likeness (QED) is 0.484. The van der Waals surface area contributed by atoms with E-state index in [4.69, 9.17) is 5.73 Å². The summed E-state index contributed by atoms with van der Waals surface area (Å²) in [5, 5.41) is 0. The first-order chi connectivity index (χ1) is 8.75. The minimum Gasteiger partial charge on any atom is -0.398 e. The van der Waals surface area contributed by atoms with Crippen molar-refractivity contribution in [3.8, 4) is 0 Å². The predicted molar refractivity (Wildman–Crippen MR) is 81.9 cm³/mol. The van der Waals surface area contributed by atoms with Gasteiger partial charge in [0.15, 0.2) is 0 Å².